The fourth-order valence-electron chi connectivity index (χ4n) is 2.03. The van der Waals surface area contributed by atoms with Crippen molar-refractivity contribution in [1.82, 2.24) is 9.80 Å². The predicted octanol–water partition coefficient (Wildman–Crippen LogP) is -0.365. The number of hydrogen-bond donors (Lipinski definition) is 1. The number of ketones is 1. The van der Waals surface area contributed by atoms with Crippen molar-refractivity contribution in [2.75, 3.05) is 39.0 Å². The Kier molecular flexibility index (Phi) is 5.46. The Hall–Kier alpha value is -0.760. The van der Waals surface area contributed by atoms with Crippen LogP contribution in [0.25, 0.3) is 0 Å². The first-order valence-electron chi connectivity index (χ1n) is 5.87. The van der Waals surface area contributed by atoms with Gasteiger partial charge in [-0.15, -0.1) is 0 Å². The van der Waals surface area contributed by atoms with Crippen LogP contribution in [0, 0.1) is 0 Å². The normalized spacial score (nSPS) is 20.6. The van der Waals surface area contributed by atoms with Crippen LogP contribution in [0.3, 0.4) is 0 Å². The van der Waals surface area contributed by atoms with Crippen LogP contribution in [0.2, 0.25) is 0 Å². The van der Waals surface area contributed by atoms with Crippen molar-refractivity contribution in [3.63, 3.8) is 0 Å². The molecule has 104 valence electrons. The van der Waals surface area contributed by atoms with Crippen LogP contribution < -0.4 is 0 Å². The van der Waals surface area contributed by atoms with Crippen molar-refractivity contribution in [2.45, 2.75) is 12.5 Å². The molecular weight excluding hydrogens is 256 g/mol. The third-order valence-electron chi connectivity index (χ3n) is 3.16. The Balaban J connectivity index is 2.66. The van der Waals surface area contributed by atoms with E-state index in [-0.39, 0.29) is 12.2 Å². The molecule has 0 aliphatic carbocycles. The van der Waals surface area contributed by atoms with Gasteiger partial charge in [-0.1, -0.05) is 6.58 Å². The van der Waals surface area contributed by atoms with E-state index in [1.165, 1.54) is 6.08 Å². The monoisotopic (exact) mass is 276 g/mol. The molecule has 1 unspecified atom stereocenters. The van der Waals surface area contributed by atoms with E-state index in [1.807, 2.05) is 11.9 Å². The zero-order valence-corrected chi connectivity index (χ0v) is 11.4. The third-order valence-corrected chi connectivity index (χ3v) is 3.91. The maximum atomic E-state index is 11.8. The van der Waals surface area contributed by atoms with Crippen molar-refractivity contribution in [3.8, 4) is 0 Å². The van der Waals surface area contributed by atoms with Gasteiger partial charge in [-0.3, -0.25) is 14.2 Å². The molecule has 0 saturated carbocycles. The van der Waals surface area contributed by atoms with E-state index in [2.05, 4.69) is 11.5 Å². The summed E-state index contributed by atoms with van der Waals surface area (Å²) in [6.07, 6.45) is 1.32. The van der Waals surface area contributed by atoms with Gasteiger partial charge in [0.1, 0.15) is 0 Å². The summed E-state index contributed by atoms with van der Waals surface area (Å²) in [4.78, 5) is 15.9. The predicted molar refractivity (Wildman–Crippen MR) is 69.1 cm³/mol. The Morgan fingerprint density at radius 3 is 2.39 bits per heavy atom. The van der Waals surface area contributed by atoms with Crippen molar-refractivity contribution in [3.05, 3.63) is 12.7 Å². The highest BCUT2D eigenvalue weighted by Gasteiger charge is 2.27. The molecule has 1 atom stereocenters. The van der Waals surface area contributed by atoms with Gasteiger partial charge in [0.15, 0.2) is 5.78 Å². The largest absolute Gasteiger partial charge is 0.304 e. The maximum Gasteiger partial charge on any atom is 0.264 e. The molecule has 1 rings (SSSR count). The van der Waals surface area contributed by atoms with Crippen LogP contribution in [-0.2, 0) is 14.9 Å². The van der Waals surface area contributed by atoms with Crippen LogP contribution in [0.15, 0.2) is 12.7 Å². The minimum Gasteiger partial charge on any atom is -0.304 e. The van der Waals surface area contributed by atoms with E-state index in [1.54, 1.807) is 0 Å². The van der Waals surface area contributed by atoms with Crippen LogP contribution in [0.4, 0.5) is 0 Å². The summed E-state index contributed by atoms with van der Waals surface area (Å²) in [5.74, 6) is -0.591. The lowest BCUT2D eigenvalue weighted by Gasteiger charge is -2.36. The van der Waals surface area contributed by atoms with Gasteiger partial charge >= 0.3 is 0 Å². The minimum absolute atomic E-state index is 0.105. The standard InChI is InChI=1S/C11H20N2O4S/c1-3-11(14)10(4-9-18(15,16)17)13-7-5-12(2)6-8-13/h3,10H,1,4-9H2,2H3,(H,15,16,17). The van der Waals surface area contributed by atoms with Crippen molar-refractivity contribution in [2.24, 2.45) is 0 Å². The van der Waals surface area contributed by atoms with Gasteiger partial charge in [0.05, 0.1) is 11.8 Å². The Bertz CT molecular complexity index is 399. The summed E-state index contributed by atoms with van der Waals surface area (Å²) < 4.78 is 30.3. The van der Waals surface area contributed by atoms with Crippen molar-refractivity contribution < 1.29 is 17.8 Å². The molecular formula is C11H20N2O4S. The first kappa shape index (κ1) is 15.3. The average Bonchev–Trinajstić information content (AvgIpc) is 2.29. The topological polar surface area (TPSA) is 77.9 Å². The summed E-state index contributed by atoms with van der Waals surface area (Å²) in [5, 5.41) is 0. The summed E-state index contributed by atoms with van der Waals surface area (Å²) in [7, 11) is -2.03. The molecule has 18 heavy (non-hydrogen) atoms. The molecule has 1 fully saturated rings. The van der Waals surface area contributed by atoms with E-state index in [0.29, 0.717) is 13.1 Å². The molecule has 1 aliphatic heterocycles. The number of carbonyl (C=O) groups excluding carboxylic acids is 1. The molecule has 6 nitrogen and oxygen atoms in total. The fourth-order valence-corrected chi connectivity index (χ4v) is 2.56. The van der Waals surface area contributed by atoms with Gasteiger partial charge in [-0.2, -0.15) is 8.42 Å². The van der Waals surface area contributed by atoms with Gasteiger partial charge < -0.3 is 4.90 Å². The first-order chi connectivity index (χ1) is 8.33. The van der Waals surface area contributed by atoms with Gasteiger partial charge in [-0.05, 0) is 19.5 Å². The number of carbonyl (C=O) groups is 1. The molecule has 0 aromatic rings. The molecule has 0 bridgehead atoms. The molecule has 0 radical (unpaired) electrons. The molecule has 1 saturated heterocycles. The Morgan fingerprint density at radius 2 is 1.94 bits per heavy atom. The highest BCUT2D eigenvalue weighted by atomic mass is 32.2. The maximum absolute atomic E-state index is 11.8. The number of likely N-dealkylation sites (N-methyl/N-ethyl adjacent to an activating group) is 1. The quantitative estimate of drug-likeness (QED) is 0.527. The van der Waals surface area contributed by atoms with E-state index < -0.39 is 21.9 Å². The van der Waals surface area contributed by atoms with E-state index in [9.17, 15) is 13.2 Å². The molecule has 0 amide bonds. The van der Waals surface area contributed by atoms with Gasteiger partial charge in [-0.25, -0.2) is 0 Å². The fraction of sp³-hybridized carbons (Fsp3) is 0.727. The van der Waals surface area contributed by atoms with Gasteiger partial charge in [0.2, 0.25) is 0 Å². The molecule has 0 aromatic carbocycles. The highest BCUT2D eigenvalue weighted by Crippen LogP contribution is 2.11. The third kappa shape index (κ3) is 4.85. The summed E-state index contributed by atoms with van der Waals surface area (Å²) in [6.45, 7) is 6.55. The Morgan fingerprint density at radius 1 is 1.39 bits per heavy atom. The zero-order chi connectivity index (χ0) is 13.8. The first-order valence-corrected chi connectivity index (χ1v) is 7.48. The molecule has 1 heterocycles. The molecule has 7 heteroatoms. The highest BCUT2D eigenvalue weighted by molar-refractivity contribution is 7.85. The van der Waals surface area contributed by atoms with E-state index in [0.717, 1.165) is 13.1 Å². The second-order valence-electron chi connectivity index (χ2n) is 4.54. The van der Waals surface area contributed by atoms with E-state index >= 15 is 0 Å². The number of nitrogens with zero attached hydrogens (tertiary/aromatic N) is 2. The minimum atomic E-state index is -4.03. The van der Waals surface area contributed by atoms with Crippen molar-refractivity contribution in [1.29, 1.82) is 0 Å². The smallest absolute Gasteiger partial charge is 0.264 e. The lowest BCUT2D eigenvalue weighted by Crippen LogP contribution is -2.51. The van der Waals surface area contributed by atoms with E-state index in [4.69, 9.17) is 4.55 Å². The zero-order valence-electron chi connectivity index (χ0n) is 10.6. The molecule has 1 aliphatic rings. The summed E-state index contributed by atoms with van der Waals surface area (Å²) >= 11 is 0. The van der Waals surface area contributed by atoms with Crippen LogP contribution in [-0.4, -0.2) is 73.6 Å². The lowest BCUT2D eigenvalue weighted by atomic mass is 10.1. The second kappa shape index (κ2) is 6.42. The van der Waals surface area contributed by atoms with Crippen LogP contribution in [0.5, 0.6) is 0 Å². The van der Waals surface area contributed by atoms with Crippen LogP contribution in [0.1, 0.15) is 6.42 Å². The molecule has 0 spiro atoms. The van der Waals surface area contributed by atoms with Crippen molar-refractivity contribution >= 4 is 15.9 Å². The number of piperazine rings is 1. The summed E-state index contributed by atoms with van der Waals surface area (Å²) in [5.41, 5.74) is 0. The second-order valence-corrected chi connectivity index (χ2v) is 6.11. The van der Waals surface area contributed by atoms with Crippen LogP contribution >= 0.6 is 0 Å². The molecule has 0 aromatic heterocycles. The Labute approximate surface area is 108 Å². The molecule has 1 N–H and O–H groups in total. The number of rotatable bonds is 6. The average molecular weight is 276 g/mol. The van der Waals surface area contributed by atoms with Gasteiger partial charge in [0.25, 0.3) is 10.1 Å². The lowest BCUT2D eigenvalue weighted by molar-refractivity contribution is -0.120. The van der Waals surface area contributed by atoms with Gasteiger partial charge in [0, 0.05) is 26.2 Å². The number of hydrogen-bond acceptors (Lipinski definition) is 5. The SMILES string of the molecule is C=CC(=O)C(CCS(=O)(=O)O)N1CCN(C)CC1. The summed E-state index contributed by atoms with van der Waals surface area (Å²) in [6, 6.07) is -0.502.